The number of hydrogen-bond acceptors (Lipinski definition) is 8. The molecule has 3 rings (SSSR count). The maximum absolute atomic E-state index is 12.7. The number of ether oxygens (including phenoxy) is 1. The highest BCUT2D eigenvalue weighted by molar-refractivity contribution is 5.71. The molecule has 0 aromatic carbocycles. The number of nitrogens with zero attached hydrogens (tertiary/aromatic N) is 3. The maximum Gasteiger partial charge on any atom is 0.332 e. The number of imidazole rings is 1. The summed E-state index contributed by atoms with van der Waals surface area (Å²) in [5.41, 5.74) is 4.30. The highest BCUT2D eigenvalue weighted by Crippen LogP contribution is 2.30. The first-order valence-corrected chi connectivity index (χ1v) is 7.53. The fourth-order valence-corrected chi connectivity index (χ4v) is 2.95. The number of H-pyrrole nitrogens is 1. The molecule has 0 radical (unpaired) electrons. The van der Waals surface area contributed by atoms with Gasteiger partial charge in [-0.25, -0.2) is 9.36 Å². The minimum atomic E-state index is -1.47. The monoisotopic (exact) mass is 341 g/mol. The minimum Gasteiger partial charge on any atom is -0.394 e. The summed E-state index contributed by atoms with van der Waals surface area (Å²) in [6.07, 6.45) is -4.61. The van der Waals surface area contributed by atoms with Gasteiger partial charge in [-0.1, -0.05) is 6.92 Å². The van der Waals surface area contributed by atoms with Crippen molar-refractivity contribution in [2.75, 3.05) is 12.3 Å². The van der Waals surface area contributed by atoms with Crippen LogP contribution in [0, 0.1) is 0 Å². The van der Waals surface area contributed by atoms with E-state index in [1.165, 1.54) is 4.57 Å². The Balaban J connectivity index is 2.27. The zero-order valence-electron chi connectivity index (χ0n) is 12.9. The van der Waals surface area contributed by atoms with Gasteiger partial charge < -0.3 is 25.8 Å². The zero-order valence-corrected chi connectivity index (χ0v) is 12.9. The smallest absolute Gasteiger partial charge is 0.332 e. The Hall–Kier alpha value is -2.21. The van der Waals surface area contributed by atoms with Crippen molar-refractivity contribution in [3.05, 3.63) is 20.8 Å². The van der Waals surface area contributed by atoms with Crippen molar-refractivity contribution in [3.8, 4) is 0 Å². The van der Waals surface area contributed by atoms with E-state index in [1.54, 1.807) is 0 Å². The molecule has 4 atom stereocenters. The Kier molecular flexibility index (Phi) is 4.17. The number of aromatic nitrogens is 4. The van der Waals surface area contributed by atoms with Crippen LogP contribution in [-0.2, 0) is 11.3 Å². The largest absolute Gasteiger partial charge is 0.394 e. The van der Waals surface area contributed by atoms with Crippen LogP contribution < -0.4 is 17.0 Å². The van der Waals surface area contributed by atoms with Crippen molar-refractivity contribution >= 4 is 17.1 Å². The van der Waals surface area contributed by atoms with Gasteiger partial charge in [0.05, 0.1) is 6.61 Å². The SMILES string of the molecule is CCCn1c(=O)n([C@@H]2O[C@H](CO)[C@H](O)[C@H]2O)c2nc(N)[nH]c(=O)c21. The predicted octanol–water partition coefficient (Wildman–Crippen LogP) is -2.51. The van der Waals surface area contributed by atoms with Gasteiger partial charge in [0.2, 0.25) is 5.95 Å². The number of fused-ring (bicyclic) bond motifs is 1. The average molecular weight is 341 g/mol. The second-order valence-electron chi connectivity index (χ2n) is 5.66. The lowest BCUT2D eigenvalue weighted by molar-refractivity contribution is -0.0528. The summed E-state index contributed by atoms with van der Waals surface area (Å²) >= 11 is 0. The van der Waals surface area contributed by atoms with E-state index in [0.29, 0.717) is 6.42 Å². The highest BCUT2D eigenvalue weighted by atomic mass is 16.6. The molecule has 0 spiro atoms. The first kappa shape index (κ1) is 16.6. The van der Waals surface area contributed by atoms with E-state index in [-0.39, 0.29) is 23.7 Å². The van der Waals surface area contributed by atoms with Gasteiger partial charge in [0.15, 0.2) is 17.4 Å². The molecule has 11 heteroatoms. The third-order valence-electron chi connectivity index (χ3n) is 4.05. The first-order valence-electron chi connectivity index (χ1n) is 7.53. The lowest BCUT2D eigenvalue weighted by Crippen LogP contribution is -2.36. The lowest BCUT2D eigenvalue weighted by atomic mass is 10.1. The van der Waals surface area contributed by atoms with Crippen LogP contribution >= 0.6 is 0 Å². The van der Waals surface area contributed by atoms with Crippen molar-refractivity contribution in [2.45, 2.75) is 44.4 Å². The van der Waals surface area contributed by atoms with Crippen LogP contribution in [0.3, 0.4) is 0 Å². The topological polar surface area (TPSA) is 169 Å². The number of nitrogens with two attached hydrogens (primary N) is 1. The molecule has 2 aromatic rings. The molecular weight excluding hydrogens is 322 g/mol. The van der Waals surface area contributed by atoms with E-state index in [0.717, 1.165) is 4.57 Å². The van der Waals surface area contributed by atoms with E-state index in [2.05, 4.69) is 9.97 Å². The van der Waals surface area contributed by atoms with Crippen LogP contribution in [0.1, 0.15) is 19.6 Å². The molecule has 0 amide bonds. The van der Waals surface area contributed by atoms with Gasteiger partial charge in [-0.15, -0.1) is 0 Å². The summed E-state index contributed by atoms with van der Waals surface area (Å²) in [6, 6.07) is 0. The van der Waals surface area contributed by atoms with Crippen molar-refractivity contribution in [3.63, 3.8) is 0 Å². The Morgan fingerprint density at radius 1 is 1.33 bits per heavy atom. The fourth-order valence-electron chi connectivity index (χ4n) is 2.95. The number of rotatable bonds is 4. The molecule has 3 heterocycles. The molecule has 1 fully saturated rings. The third-order valence-corrected chi connectivity index (χ3v) is 4.05. The molecule has 6 N–H and O–H groups in total. The van der Waals surface area contributed by atoms with E-state index in [4.69, 9.17) is 10.5 Å². The molecule has 0 aliphatic carbocycles. The molecule has 2 aromatic heterocycles. The number of anilines is 1. The van der Waals surface area contributed by atoms with Crippen LogP contribution in [0.4, 0.5) is 5.95 Å². The molecule has 132 valence electrons. The molecule has 1 aliphatic rings. The number of nitrogens with one attached hydrogen (secondary N) is 1. The number of aliphatic hydroxyl groups excluding tert-OH is 3. The van der Waals surface area contributed by atoms with Crippen LogP contribution in [0.5, 0.6) is 0 Å². The van der Waals surface area contributed by atoms with E-state index in [9.17, 15) is 24.9 Å². The molecule has 1 saturated heterocycles. The van der Waals surface area contributed by atoms with Gasteiger partial charge >= 0.3 is 5.69 Å². The number of aliphatic hydroxyl groups is 3. The summed E-state index contributed by atoms with van der Waals surface area (Å²) < 4.78 is 7.59. The van der Waals surface area contributed by atoms with Crippen LogP contribution in [-0.4, -0.2) is 59.3 Å². The second-order valence-corrected chi connectivity index (χ2v) is 5.66. The summed E-state index contributed by atoms with van der Waals surface area (Å²) in [5.74, 6) is -0.193. The Labute approximate surface area is 134 Å². The van der Waals surface area contributed by atoms with Gasteiger partial charge in [0.1, 0.15) is 18.3 Å². The molecule has 0 bridgehead atoms. The molecular formula is C13H19N5O6. The summed E-state index contributed by atoms with van der Waals surface area (Å²) in [7, 11) is 0. The van der Waals surface area contributed by atoms with E-state index in [1.807, 2.05) is 6.92 Å². The highest BCUT2D eigenvalue weighted by Gasteiger charge is 2.45. The zero-order chi connectivity index (χ0) is 17.6. The predicted molar refractivity (Wildman–Crippen MR) is 82.3 cm³/mol. The number of aryl methyl sites for hydroxylation is 1. The quantitative estimate of drug-likeness (QED) is 0.406. The van der Waals surface area contributed by atoms with E-state index < -0.39 is 42.4 Å². The minimum absolute atomic E-state index is 0.00814. The first-order chi connectivity index (χ1) is 11.4. The van der Waals surface area contributed by atoms with Crippen molar-refractivity contribution in [1.29, 1.82) is 0 Å². The molecule has 1 aliphatic heterocycles. The molecule has 24 heavy (non-hydrogen) atoms. The third kappa shape index (κ3) is 2.33. The average Bonchev–Trinajstić information content (AvgIpc) is 2.96. The Morgan fingerprint density at radius 2 is 2.04 bits per heavy atom. The van der Waals surface area contributed by atoms with Crippen molar-refractivity contribution in [2.24, 2.45) is 0 Å². The van der Waals surface area contributed by atoms with Crippen molar-refractivity contribution < 1.29 is 20.1 Å². The number of hydrogen-bond donors (Lipinski definition) is 5. The Morgan fingerprint density at radius 3 is 2.62 bits per heavy atom. The standard InChI is InChI=1S/C13H19N5O6/c1-2-3-17-6-9(15-12(14)16-10(6)22)18(13(17)23)11-8(21)7(20)5(4-19)24-11/h5,7-8,11,19-21H,2-4H2,1H3,(H3,14,15,16,22)/t5-,7+,8-,11-/m1/s1. The van der Waals surface area contributed by atoms with Crippen LogP contribution in [0.2, 0.25) is 0 Å². The molecule has 0 unspecified atom stereocenters. The summed E-state index contributed by atoms with van der Waals surface area (Å²) in [5, 5.41) is 29.3. The molecule has 0 saturated carbocycles. The second kappa shape index (κ2) is 6.02. The lowest BCUT2D eigenvalue weighted by Gasteiger charge is -2.15. The maximum atomic E-state index is 12.7. The fraction of sp³-hybridized carbons (Fsp3) is 0.615. The van der Waals surface area contributed by atoms with Gasteiger partial charge in [0.25, 0.3) is 5.56 Å². The molecule has 11 nitrogen and oxygen atoms in total. The van der Waals surface area contributed by atoms with Gasteiger partial charge in [-0.3, -0.25) is 14.3 Å². The van der Waals surface area contributed by atoms with Gasteiger partial charge in [-0.05, 0) is 6.42 Å². The van der Waals surface area contributed by atoms with Crippen LogP contribution in [0.15, 0.2) is 9.59 Å². The Bertz CT molecular complexity index is 870. The van der Waals surface area contributed by atoms with Gasteiger partial charge in [0, 0.05) is 6.54 Å². The normalized spacial score (nSPS) is 27.2. The van der Waals surface area contributed by atoms with Gasteiger partial charge in [-0.2, -0.15) is 4.98 Å². The van der Waals surface area contributed by atoms with Crippen LogP contribution in [0.25, 0.3) is 11.2 Å². The summed E-state index contributed by atoms with van der Waals surface area (Å²) in [6.45, 7) is 1.56. The van der Waals surface area contributed by atoms with Crippen molar-refractivity contribution in [1.82, 2.24) is 19.1 Å². The van der Waals surface area contributed by atoms with E-state index >= 15 is 0 Å². The number of nitrogen functional groups attached to an aromatic ring is 1. The number of aromatic amines is 1. The summed E-state index contributed by atoms with van der Waals surface area (Å²) in [4.78, 5) is 31.2.